The highest BCUT2D eigenvalue weighted by Gasteiger charge is 2.22. The molecule has 0 unspecified atom stereocenters. The summed E-state index contributed by atoms with van der Waals surface area (Å²) in [4.78, 5) is 30.1. The van der Waals surface area contributed by atoms with Crippen LogP contribution in [0.25, 0.3) is 22.0 Å². The van der Waals surface area contributed by atoms with Gasteiger partial charge in [0.1, 0.15) is 0 Å². The van der Waals surface area contributed by atoms with E-state index in [1.54, 1.807) is 91.1 Å². The second-order valence-corrected chi connectivity index (χ2v) is 13.6. The lowest BCUT2D eigenvalue weighted by molar-refractivity contribution is 0.101. The molecule has 5 aromatic carbocycles. The van der Waals surface area contributed by atoms with E-state index in [4.69, 9.17) is 0 Å². The average molecular weight is 658 g/mol. The average Bonchev–Trinajstić information content (AvgIpc) is 3.48. The highest BCUT2D eigenvalue weighted by atomic mass is 32.2. The van der Waals surface area contributed by atoms with Crippen molar-refractivity contribution in [3.8, 4) is 11.1 Å². The Labute approximate surface area is 280 Å². The zero-order valence-corrected chi connectivity index (χ0v) is 27.8. The van der Waals surface area contributed by atoms with Crippen molar-refractivity contribution >= 4 is 55.5 Å². The van der Waals surface area contributed by atoms with E-state index in [1.165, 1.54) is 3.97 Å². The Morgan fingerprint density at radius 3 is 1.62 bits per heavy atom. The van der Waals surface area contributed by atoms with E-state index < -0.39 is 10.0 Å². The summed E-state index contributed by atoms with van der Waals surface area (Å²) in [5, 5.41) is 6.52. The summed E-state index contributed by atoms with van der Waals surface area (Å²) in [6, 6.07) is 35.2. The van der Waals surface area contributed by atoms with Gasteiger partial charge in [0.05, 0.1) is 10.4 Å². The summed E-state index contributed by atoms with van der Waals surface area (Å²) in [7, 11) is 3.74. The molecule has 0 saturated carbocycles. The predicted molar refractivity (Wildman–Crippen MR) is 194 cm³/mol. The summed E-state index contributed by atoms with van der Waals surface area (Å²) in [5.74, 6) is -0.544. The standard InChI is InChI=1S/C38H35N5O4S/c1-41(2)31-19-12-27(13-20-31)37(44)39-29-16-10-26(11-17-29)35-25-43(48(46,47)33-8-6-5-7-9-33)36-24-30(18-23-34(35)36)40-38(45)28-14-21-32(22-15-28)42(3)4/h5-25H,1-4H3,(H,39,44)(H,40,45). The Hall–Kier alpha value is -5.87. The van der Waals surface area contributed by atoms with Crippen LogP contribution < -0.4 is 20.4 Å². The summed E-state index contributed by atoms with van der Waals surface area (Å²) >= 11 is 0. The molecule has 0 fully saturated rings. The van der Waals surface area contributed by atoms with E-state index in [0.717, 1.165) is 16.9 Å². The number of carbonyl (C=O) groups excluding carboxylic acids is 2. The molecule has 1 aromatic heterocycles. The van der Waals surface area contributed by atoms with Crippen LogP contribution >= 0.6 is 0 Å². The summed E-state index contributed by atoms with van der Waals surface area (Å²) in [6.45, 7) is 0. The SMILES string of the molecule is CN(C)c1ccc(C(=O)Nc2ccc(-c3cn(S(=O)(=O)c4ccccc4)c4cc(NC(=O)c5ccc(N(C)C)cc5)ccc34)cc2)cc1. The minimum absolute atomic E-state index is 0.139. The van der Waals surface area contributed by atoms with Crippen molar-refractivity contribution in [1.29, 1.82) is 0 Å². The van der Waals surface area contributed by atoms with Crippen molar-refractivity contribution in [2.75, 3.05) is 48.6 Å². The van der Waals surface area contributed by atoms with Gasteiger partial charge in [-0.2, -0.15) is 0 Å². The van der Waals surface area contributed by atoms with Crippen molar-refractivity contribution in [2.24, 2.45) is 0 Å². The van der Waals surface area contributed by atoms with Crippen LogP contribution in [-0.4, -0.2) is 52.4 Å². The van der Waals surface area contributed by atoms with Gasteiger partial charge in [0.25, 0.3) is 21.8 Å². The van der Waals surface area contributed by atoms with Gasteiger partial charge < -0.3 is 20.4 Å². The quantitative estimate of drug-likeness (QED) is 0.171. The first kappa shape index (κ1) is 32.1. The molecule has 1 heterocycles. The number of amides is 2. The molecule has 0 atom stereocenters. The van der Waals surface area contributed by atoms with Gasteiger partial charge in [-0.15, -0.1) is 0 Å². The van der Waals surface area contributed by atoms with Crippen molar-refractivity contribution in [3.05, 3.63) is 139 Å². The molecule has 2 N–H and O–H groups in total. The Balaban J connectivity index is 1.33. The van der Waals surface area contributed by atoms with E-state index in [2.05, 4.69) is 10.6 Å². The predicted octanol–water partition coefficient (Wildman–Crippen LogP) is 7.18. The molecule has 0 aliphatic carbocycles. The van der Waals surface area contributed by atoms with E-state index in [9.17, 15) is 18.0 Å². The Bertz CT molecular complexity index is 2210. The van der Waals surface area contributed by atoms with Gasteiger partial charge in [-0.3, -0.25) is 9.59 Å². The number of anilines is 4. The minimum atomic E-state index is -3.99. The first-order valence-electron chi connectivity index (χ1n) is 15.2. The van der Waals surface area contributed by atoms with Gasteiger partial charge in [0.2, 0.25) is 0 Å². The number of hydrogen-bond donors (Lipinski definition) is 2. The second-order valence-electron chi connectivity index (χ2n) is 11.8. The maximum absolute atomic E-state index is 13.9. The Kier molecular flexibility index (Phi) is 8.75. The first-order valence-corrected chi connectivity index (χ1v) is 16.7. The number of aromatic nitrogens is 1. The second kappa shape index (κ2) is 13.1. The molecule has 6 aromatic rings. The number of hydrogen-bond acceptors (Lipinski definition) is 6. The highest BCUT2D eigenvalue weighted by Crippen LogP contribution is 2.35. The highest BCUT2D eigenvalue weighted by molar-refractivity contribution is 7.90. The maximum Gasteiger partial charge on any atom is 0.268 e. The molecule has 0 spiro atoms. The van der Waals surface area contributed by atoms with Gasteiger partial charge in [-0.05, 0) is 90.5 Å². The van der Waals surface area contributed by atoms with E-state index >= 15 is 0 Å². The van der Waals surface area contributed by atoms with Crippen LogP contribution in [0.15, 0.2) is 132 Å². The van der Waals surface area contributed by atoms with Crippen LogP contribution in [0.5, 0.6) is 0 Å². The van der Waals surface area contributed by atoms with Crippen LogP contribution in [0.3, 0.4) is 0 Å². The molecule has 10 heteroatoms. The maximum atomic E-state index is 13.9. The minimum Gasteiger partial charge on any atom is -0.378 e. The number of benzene rings is 5. The Morgan fingerprint density at radius 2 is 1.10 bits per heavy atom. The molecule has 242 valence electrons. The number of nitrogens with one attached hydrogen (secondary N) is 2. The number of nitrogens with zero attached hydrogens (tertiary/aromatic N) is 3. The summed E-state index contributed by atoms with van der Waals surface area (Å²) in [5.41, 5.74) is 5.88. The van der Waals surface area contributed by atoms with Gasteiger partial charge in [0.15, 0.2) is 0 Å². The molecule has 0 aliphatic heterocycles. The first-order chi connectivity index (χ1) is 23.0. The van der Waals surface area contributed by atoms with Gasteiger partial charge in [0, 0.05) is 79.2 Å². The van der Waals surface area contributed by atoms with Crippen molar-refractivity contribution < 1.29 is 18.0 Å². The summed E-state index contributed by atoms with van der Waals surface area (Å²) < 4.78 is 29.1. The molecule has 0 bridgehead atoms. The smallest absolute Gasteiger partial charge is 0.268 e. The van der Waals surface area contributed by atoms with E-state index in [1.807, 2.05) is 74.4 Å². The number of fused-ring (bicyclic) bond motifs is 1. The Morgan fingerprint density at radius 1 is 0.604 bits per heavy atom. The third-order valence-corrected chi connectivity index (χ3v) is 9.76. The summed E-state index contributed by atoms with van der Waals surface area (Å²) in [6.07, 6.45) is 1.60. The lowest BCUT2D eigenvalue weighted by atomic mass is 10.0. The van der Waals surface area contributed by atoms with Crippen LogP contribution in [0.1, 0.15) is 20.7 Å². The largest absolute Gasteiger partial charge is 0.378 e. The van der Waals surface area contributed by atoms with Crippen molar-refractivity contribution in [3.63, 3.8) is 0 Å². The fourth-order valence-corrected chi connectivity index (χ4v) is 6.75. The molecule has 0 aliphatic rings. The zero-order valence-electron chi connectivity index (χ0n) is 27.0. The molecular weight excluding hydrogens is 623 g/mol. The number of carbonyl (C=O) groups is 2. The molecule has 6 rings (SSSR count). The third kappa shape index (κ3) is 6.51. The molecule has 9 nitrogen and oxygen atoms in total. The molecule has 0 saturated heterocycles. The third-order valence-electron chi connectivity index (χ3n) is 8.08. The van der Waals surface area contributed by atoms with Gasteiger partial charge in [-0.25, -0.2) is 12.4 Å². The van der Waals surface area contributed by atoms with E-state index in [0.29, 0.717) is 39.0 Å². The monoisotopic (exact) mass is 657 g/mol. The normalized spacial score (nSPS) is 11.2. The van der Waals surface area contributed by atoms with Crippen molar-refractivity contribution in [2.45, 2.75) is 4.90 Å². The van der Waals surface area contributed by atoms with Crippen LogP contribution in [0.2, 0.25) is 0 Å². The fraction of sp³-hybridized carbons (Fsp3) is 0.105. The van der Waals surface area contributed by atoms with Crippen LogP contribution in [0, 0.1) is 0 Å². The van der Waals surface area contributed by atoms with Gasteiger partial charge >= 0.3 is 0 Å². The lowest BCUT2D eigenvalue weighted by Crippen LogP contribution is -2.14. The fourth-order valence-electron chi connectivity index (χ4n) is 5.37. The molecule has 2 amide bonds. The lowest BCUT2D eigenvalue weighted by Gasteiger charge is -2.13. The van der Waals surface area contributed by atoms with Crippen LogP contribution in [-0.2, 0) is 10.0 Å². The number of rotatable bonds is 9. The van der Waals surface area contributed by atoms with Gasteiger partial charge in [-0.1, -0.05) is 36.4 Å². The van der Waals surface area contributed by atoms with Crippen molar-refractivity contribution in [1.82, 2.24) is 3.97 Å². The van der Waals surface area contributed by atoms with Crippen LogP contribution in [0.4, 0.5) is 22.7 Å². The molecule has 48 heavy (non-hydrogen) atoms. The zero-order chi connectivity index (χ0) is 34.0. The molecular formula is C38H35N5O4S. The van der Waals surface area contributed by atoms with E-state index in [-0.39, 0.29) is 16.7 Å². The molecule has 0 radical (unpaired) electrons. The topological polar surface area (TPSA) is 104 Å².